The molecule has 0 saturated heterocycles. The molecule has 2 amide bonds. The Morgan fingerprint density at radius 1 is 1.22 bits per heavy atom. The number of hydrogen-bond donors (Lipinski definition) is 6. The number of aliphatic hydroxyl groups excluding tert-OH is 3. The van der Waals surface area contributed by atoms with Crippen LogP contribution in [0.3, 0.4) is 0 Å². The number of hydrogen-bond acceptors (Lipinski definition) is 6. The first kappa shape index (κ1) is 25.3. The summed E-state index contributed by atoms with van der Waals surface area (Å²) in [5.74, 6) is -1.19. The normalized spacial score (nSPS) is 19.1. The molecule has 0 aromatic carbocycles. The minimum Gasteiger partial charge on any atom is -0.394 e. The molecule has 0 rings (SSSR count). The lowest BCUT2D eigenvalue weighted by Crippen LogP contribution is -2.55. The molecule has 0 aromatic rings. The van der Waals surface area contributed by atoms with E-state index in [0.29, 0.717) is 5.92 Å². The molecule has 0 fully saturated rings. The van der Waals surface area contributed by atoms with Gasteiger partial charge in [-0.1, -0.05) is 44.1 Å². The van der Waals surface area contributed by atoms with Crippen LogP contribution in [-0.2, 0) is 9.59 Å². The minimum atomic E-state index is -2.13. The molecule has 6 N–H and O–H groups in total. The van der Waals surface area contributed by atoms with Gasteiger partial charge in [0.05, 0.1) is 25.3 Å². The summed E-state index contributed by atoms with van der Waals surface area (Å²) in [6.45, 7) is 7.60. The van der Waals surface area contributed by atoms with Gasteiger partial charge in [-0.05, 0) is 26.7 Å². The third-order valence-corrected chi connectivity index (χ3v) is 4.30. The Bertz CT molecular complexity index is 542. The maximum atomic E-state index is 12.1. The zero-order chi connectivity index (χ0) is 21.2. The number of rotatable bonds is 11. The molecule has 0 aliphatic heterocycles. The zero-order valence-electron chi connectivity index (χ0n) is 16.8. The van der Waals surface area contributed by atoms with E-state index in [1.807, 2.05) is 13.0 Å². The second-order valence-corrected chi connectivity index (χ2v) is 7.03. The van der Waals surface area contributed by atoms with Crippen LogP contribution in [0.15, 0.2) is 23.8 Å². The highest BCUT2D eigenvalue weighted by atomic mass is 16.4. The van der Waals surface area contributed by atoms with Crippen molar-refractivity contribution >= 4 is 11.8 Å². The number of amides is 2. The van der Waals surface area contributed by atoms with Gasteiger partial charge in [-0.25, -0.2) is 0 Å². The Kier molecular flexibility index (Phi) is 11.1. The molecule has 0 spiro atoms. The molecule has 0 aromatic heterocycles. The Balaban J connectivity index is 4.74. The fourth-order valence-corrected chi connectivity index (χ4v) is 2.10. The lowest BCUT2D eigenvalue weighted by Gasteiger charge is -2.26. The van der Waals surface area contributed by atoms with Gasteiger partial charge in [0.15, 0.2) is 5.60 Å². The first-order chi connectivity index (χ1) is 12.4. The largest absolute Gasteiger partial charge is 0.394 e. The summed E-state index contributed by atoms with van der Waals surface area (Å²) in [6.07, 6.45) is 3.51. The third kappa shape index (κ3) is 9.14. The van der Waals surface area contributed by atoms with Crippen LogP contribution in [0.2, 0.25) is 0 Å². The SMILES string of the molecule is CCC(C)/C=C(C)/C=C\C(O)C(C)(O)C(=O)NCC(=O)N[C@@H](CO)[C@@H](C)O. The van der Waals surface area contributed by atoms with E-state index in [2.05, 4.69) is 24.5 Å². The number of allylic oxidation sites excluding steroid dienone is 3. The standard InChI is InChI=1S/C19H34N2O6/c1-6-12(2)9-13(3)7-8-16(24)19(5,27)18(26)20-10-17(25)21-15(11-22)14(4)23/h7-9,12,14-16,22-24,27H,6,10-11H2,1-5H3,(H,20,26)(H,21,25)/b8-7-,13-9+/t12?,14-,15+,16?,19?/m1/s1. The molecule has 156 valence electrons. The van der Waals surface area contributed by atoms with Crippen molar-refractivity contribution in [2.75, 3.05) is 13.2 Å². The van der Waals surface area contributed by atoms with Crippen molar-refractivity contribution in [2.45, 2.75) is 64.9 Å². The van der Waals surface area contributed by atoms with E-state index in [1.165, 1.54) is 13.0 Å². The van der Waals surface area contributed by atoms with Crippen molar-refractivity contribution in [3.8, 4) is 0 Å². The molecule has 0 bridgehead atoms. The predicted octanol–water partition coefficient (Wildman–Crippen LogP) is -0.379. The van der Waals surface area contributed by atoms with Gasteiger partial charge < -0.3 is 31.1 Å². The molecule has 0 radical (unpaired) electrons. The van der Waals surface area contributed by atoms with E-state index in [4.69, 9.17) is 5.11 Å². The van der Waals surface area contributed by atoms with Crippen LogP contribution < -0.4 is 10.6 Å². The van der Waals surface area contributed by atoms with Gasteiger partial charge >= 0.3 is 0 Å². The third-order valence-electron chi connectivity index (χ3n) is 4.30. The summed E-state index contributed by atoms with van der Waals surface area (Å²) in [7, 11) is 0. The minimum absolute atomic E-state index is 0.374. The second-order valence-electron chi connectivity index (χ2n) is 7.03. The lowest BCUT2D eigenvalue weighted by atomic mass is 9.96. The maximum absolute atomic E-state index is 12.1. The molecule has 27 heavy (non-hydrogen) atoms. The average molecular weight is 386 g/mol. The summed E-state index contributed by atoms with van der Waals surface area (Å²) in [5, 5.41) is 43.4. The van der Waals surface area contributed by atoms with E-state index in [0.717, 1.165) is 18.9 Å². The summed E-state index contributed by atoms with van der Waals surface area (Å²) >= 11 is 0. The van der Waals surface area contributed by atoms with E-state index in [-0.39, 0.29) is 0 Å². The van der Waals surface area contributed by atoms with Gasteiger partial charge in [0.25, 0.3) is 5.91 Å². The van der Waals surface area contributed by atoms with E-state index < -0.39 is 48.8 Å². The number of carbonyl (C=O) groups excluding carboxylic acids is 2. The van der Waals surface area contributed by atoms with E-state index in [1.54, 1.807) is 6.08 Å². The molecule has 8 nitrogen and oxygen atoms in total. The van der Waals surface area contributed by atoms with Gasteiger partial charge in [0, 0.05) is 0 Å². The Hall–Kier alpha value is -1.74. The first-order valence-corrected chi connectivity index (χ1v) is 9.09. The van der Waals surface area contributed by atoms with Crippen LogP contribution in [0, 0.1) is 5.92 Å². The number of carbonyl (C=O) groups is 2. The highest BCUT2D eigenvalue weighted by Gasteiger charge is 2.37. The lowest BCUT2D eigenvalue weighted by molar-refractivity contribution is -0.147. The summed E-state index contributed by atoms with van der Waals surface area (Å²) in [4.78, 5) is 23.9. The Morgan fingerprint density at radius 2 is 1.81 bits per heavy atom. The van der Waals surface area contributed by atoms with Gasteiger partial charge in [0.1, 0.15) is 6.10 Å². The average Bonchev–Trinajstić information content (AvgIpc) is 2.61. The van der Waals surface area contributed by atoms with Crippen LogP contribution >= 0.6 is 0 Å². The van der Waals surface area contributed by atoms with Crippen molar-refractivity contribution in [3.05, 3.63) is 23.8 Å². The molecule has 0 heterocycles. The molecule has 0 aliphatic rings. The summed E-state index contributed by atoms with van der Waals surface area (Å²) in [5.41, 5.74) is -1.24. The molecule has 0 aliphatic carbocycles. The van der Waals surface area contributed by atoms with Crippen molar-refractivity contribution in [2.24, 2.45) is 5.92 Å². The predicted molar refractivity (Wildman–Crippen MR) is 103 cm³/mol. The van der Waals surface area contributed by atoms with Gasteiger partial charge in [-0.3, -0.25) is 9.59 Å². The fourth-order valence-electron chi connectivity index (χ4n) is 2.10. The summed E-state index contributed by atoms with van der Waals surface area (Å²) in [6, 6.07) is -0.858. The van der Waals surface area contributed by atoms with E-state index >= 15 is 0 Å². The topological polar surface area (TPSA) is 139 Å². The highest BCUT2D eigenvalue weighted by molar-refractivity contribution is 5.89. The second kappa shape index (κ2) is 11.9. The van der Waals surface area contributed by atoms with Crippen LogP contribution in [0.4, 0.5) is 0 Å². The molecule has 0 saturated carbocycles. The summed E-state index contributed by atoms with van der Waals surface area (Å²) < 4.78 is 0. The van der Waals surface area contributed by atoms with Gasteiger partial charge in [0.2, 0.25) is 5.91 Å². The molecule has 5 atom stereocenters. The molecule has 3 unspecified atom stereocenters. The molecular weight excluding hydrogens is 352 g/mol. The Labute approximate surface area is 161 Å². The smallest absolute Gasteiger partial charge is 0.255 e. The fraction of sp³-hybridized carbons (Fsp3) is 0.684. The first-order valence-electron chi connectivity index (χ1n) is 9.09. The number of aliphatic hydroxyl groups is 4. The van der Waals surface area contributed by atoms with Crippen molar-refractivity contribution in [3.63, 3.8) is 0 Å². The van der Waals surface area contributed by atoms with Crippen molar-refractivity contribution in [1.82, 2.24) is 10.6 Å². The zero-order valence-corrected chi connectivity index (χ0v) is 16.8. The number of nitrogens with one attached hydrogen (secondary N) is 2. The highest BCUT2D eigenvalue weighted by Crippen LogP contribution is 2.14. The van der Waals surface area contributed by atoms with Crippen LogP contribution in [0.1, 0.15) is 41.0 Å². The van der Waals surface area contributed by atoms with Crippen LogP contribution in [-0.4, -0.2) is 69.2 Å². The van der Waals surface area contributed by atoms with Crippen molar-refractivity contribution < 1.29 is 30.0 Å². The maximum Gasteiger partial charge on any atom is 0.255 e. The van der Waals surface area contributed by atoms with Gasteiger partial charge in [-0.15, -0.1) is 0 Å². The molecule has 8 heteroatoms. The monoisotopic (exact) mass is 386 g/mol. The quantitative estimate of drug-likeness (QED) is 0.268. The molecular formula is C19H34N2O6. The van der Waals surface area contributed by atoms with Crippen LogP contribution in [0.5, 0.6) is 0 Å². The van der Waals surface area contributed by atoms with Gasteiger partial charge in [-0.2, -0.15) is 0 Å². The van der Waals surface area contributed by atoms with E-state index in [9.17, 15) is 24.9 Å². The Morgan fingerprint density at radius 3 is 2.30 bits per heavy atom. The van der Waals surface area contributed by atoms with Crippen LogP contribution in [0.25, 0.3) is 0 Å². The van der Waals surface area contributed by atoms with Crippen molar-refractivity contribution in [1.29, 1.82) is 0 Å².